The number of amides is 2. The van der Waals surface area contributed by atoms with Gasteiger partial charge in [0.15, 0.2) is 0 Å². The maximum atomic E-state index is 12.0. The molecular formula is C16H16ClN5O2. The molecule has 0 aliphatic rings. The quantitative estimate of drug-likeness (QED) is 0.676. The Labute approximate surface area is 143 Å². The number of anilines is 1. The van der Waals surface area contributed by atoms with Crippen LogP contribution in [0.15, 0.2) is 30.5 Å². The zero-order chi connectivity index (χ0) is 17.1. The predicted octanol–water partition coefficient (Wildman–Crippen LogP) is 3.25. The summed E-state index contributed by atoms with van der Waals surface area (Å²) in [7, 11) is 1.54. The van der Waals surface area contributed by atoms with E-state index in [1.165, 1.54) is 7.11 Å². The standard InChI is InChI=1S/C16H16ClN5O2/c1-9-5-10(3-4-12(9)17)7-19-16(23)20-14-6-13-11(8-18-14)15(24-2)22-21-13/h3-6,8H,7H2,1-2H3,(H,21,22)(H2,18,19,20,23). The molecule has 0 saturated carbocycles. The second-order valence-electron chi connectivity index (χ2n) is 5.24. The number of rotatable bonds is 4. The first-order valence-corrected chi connectivity index (χ1v) is 7.62. The number of ether oxygens (including phenoxy) is 1. The summed E-state index contributed by atoms with van der Waals surface area (Å²) in [6.07, 6.45) is 1.59. The Morgan fingerprint density at radius 3 is 2.96 bits per heavy atom. The maximum absolute atomic E-state index is 12.0. The predicted molar refractivity (Wildman–Crippen MR) is 92.5 cm³/mol. The minimum Gasteiger partial charge on any atom is -0.479 e. The van der Waals surface area contributed by atoms with Crippen molar-refractivity contribution >= 4 is 34.4 Å². The van der Waals surface area contributed by atoms with E-state index in [2.05, 4.69) is 25.8 Å². The number of pyridine rings is 1. The number of benzene rings is 1. The number of hydrogen-bond donors (Lipinski definition) is 3. The molecule has 2 aromatic heterocycles. The van der Waals surface area contributed by atoms with Crippen molar-refractivity contribution in [3.8, 4) is 5.88 Å². The van der Waals surface area contributed by atoms with Crippen LogP contribution in [0.2, 0.25) is 5.02 Å². The van der Waals surface area contributed by atoms with Gasteiger partial charge in [0.2, 0.25) is 5.88 Å². The summed E-state index contributed by atoms with van der Waals surface area (Å²) in [5.74, 6) is 0.880. The third-order valence-electron chi connectivity index (χ3n) is 3.52. The van der Waals surface area contributed by atoms with Gasteiger partial charge < -0.3 is 10.1 Å². The van der Waals surface area contributed by atoms with Crippen molar-refractivity contribution in [2.75, 3.05) is 12.4 Å². The van der Waals surface area contributed by atoms with Gasteiger partial charge in [0.1, 0.15) is 5.82 Å². The summed E-state index contributed by atoms with van der Waals surface area (Å²) in [5, 5.41) is 13.7. The van der Waals surface area contributed by atoms with Crippen molar-refractivity contribution in [3.63, 3.8) is 0 Å². The van der Waals surface area contributed by atoms with Gasteiger partial charge in [0.25, 0.3) is 0 Å². The summed E-state index contributed by atoms with van der Waals surface area (Å²) in [4.78, 5) is 16.2. The van der Waals surface area contributed by atoms with Crippen molar-refractivity contribution in [3.05, 3.63) is 46.6 Å². The second kappa shape index (κ2) is 6.76. The van der Waals surface area contributed by atoms with Gasteiger partial charge in [-0.15, -0.1) is 5.10 Å². The Bertz CT molecular complexity index is 893. The lowest BCUT2D eigenvalue weighted by Gasteiger charge is -2.08. The molecule has 0 spiro atoms. The van der Waals surface area contributed by atoms with Crippen LogP contribution in [0.4, 0.5) is 10.6 Å². The molecule has 0 fully saturated rings. The number of nitrogens with one attached hydrogen (secondary N) is 3. The van der Waals surface area contributed by atoms with Crippen LogP contribution in [0, 0.1) is 6.92 Å². The number of aryl methyl sites for hydroxylation is 1. The number of halogens is 1. The van der Waals surface area contributed by atoms with Gasteiger partial charge in [-0.3, -0.25) is 10.4 Å². The van der Waals surface area contributed by atoms with Gasteiger partial charge in [-0.1, -0.05) is 23.7 Å². The number of urea groups is 1. The first-order valence-electron chi connectivity index (χ1n) is 7.25. The molecule has 3 rings (SSSR count). The van der Waals surface area contributed by atoms with Crippen LogP contribution in [0.3, 0.4) is 0 Å². The lowest BCUT2D eigenvalue weighted by atomic mass is 10.1. The Balaban J connectivity index is 1.63. The van der Waals surface area contributed by atoms with E-state index in [9.17, 15) is 4.79 Å². The largest absolute Gasteiger partial charge is 0.479 e. The fourth-order valence-corrected chi connectivity index (χ4v) is 2.39. The third kappa shape index (κ3) is 3.41. The Kier molecular flexibility index (Phi) is 4.52. The van der Waals surface area contributed by atoms with Crippen molar-refractivity contribution in [1.82, 2.24) is 20.5 Å². The van der Waals surface area contributed by atoms with Crippen LogP contribution in [-0.4, -0.2) is 28.3 Å². The summed E-state index contributed by atoms with van der Waals surface area (Å²) < 4.78 is 5.10. The van der Waals surface area contributed by atoms with Gasteiger partial charge in [0.05, 0.1) is 18.0 Å². The number of hydrogen-bond acceptors (Lipinski definition) is 4. The van der Waals surface area contributed by atoms with Crippen LogP contribution in [-0.2, 0) is 6.54 Å². The van der Waals surface area contributed by atoms with Gasteiger partial charge >= 0.3 is 6.03 Å². The molecule has 0 radical (unpaired) electrons. The van der Waals surface area contributed by atoms with Crippen molar-refractivity contribution < 1.29 is 9.53 Å². The van der Waals surface area contributed by atoms with Gasteiger partial charge in [0, 0.05) is 23.8 Å². The maximum Gasteiger partial charge on any atom is 0.320 e. The average molecular weight is 346 g/mol. The number of aromatic amines is 1. The number of carbonyl (C=O) groups excluding carboxylic acids is 1. The molecule has 124 valence electrons. The lowest BCUT2D eigenvalue weighted by molar-refractivity contribution is 0.251. The fraction of sp³-hybridized carbons (Fsp3) is 0.188. The molecular weight excluding hydrogens is 330 g/mol. The van der Waals surface area contributed by atoms with Gasteiger partial charge in [-0.2, -0.15) is 0 Å². The minimum absolute atomic E-state index is 0.346. The molecule has 0 bridgehead atoms. The van der Waals surface area contributed by atoms with Gasteiger partial charge in [-0.25, -0.2) is 9.78 Å². The normalized spacial score (nSPS) is 10.6. The molecule has 2 heterocycles. The highest BCUT2D eigenvalue weighted by Gasteiger charge is 2.09. The first kappa shape index (κ1) is 16.1. The number of nitrogens with zero attached hydrogens (tertiary/aromatic N) is 2. The minimum atomic E-state index is -0.346. The van der Waals surface area contributed by atoms with E-state index in [1.807, 2.05) is 25.1 Å². The molecule has 0 aliphatic heterocycles. The molecule has 0 aliphatic carbocycles. The number of aromatic nitrogens is 3. The van der Waals surface area contributed by atoms with E-state index in [4.69, 9.17) is 16.3 Å². The zero-order valence-corrected chi connectivity index (χ0v) is 13.9. The number of methoxy groups -OCH3 is 1. The molecule has 7 nitrogen and oxygen atoms in total. The van der Waals surface area contributed by atoms with Gasteiger partial charge in [-0.05, 0) is 24.1 Å². The van der Waals surface area contributed by atoms with E-state index in [1.54, 1.807) is 12.3 Å². The highest BCUT2D eigenvalue weighted by atomic mass is 35.5. The van der Waals surface area contributed by atoms with Crippen LogP contribution in [0.1, 0.15) is 11.1 Å². The van der Waals surface area contributed by atoms with Crippen LogP contribution in [0.5, 0.6) is 5.88 Å². The molecule has 1 aromatic carbocycles. The van der Waals surface area contributed by atoms with Crippen LogP contribution >= 0.6 is 11.6 Å². The van der Waals surface area contributed by atoms with E-state index in [0.29, 0.717) is 23.3 Å². The van der Waals surface area contributed by atoms with E-state index in [-0.39, 0.29) is 6.03 Å². The topological polar surface area (TPSA) is 91.9 Å². The highest BCUT2D eigenvalue weighted by molar-refractivity contribution is 6.31. The van der Waals surface area contributed by atoms with E-state index in [0.717, 1.165) is 22.0 Å². The zero-order valence-electron chi connectivity index (χ0n) is 13.2. The highest BCUT2D eigenvalue weighted by Crippen LogP contribution is 2.23. The second-order valence-corrected chi connectivity index (χ2v) is 5.65. The van der Waals surface area contributed by atoms with E-state index < -0.39 is 0 Å². The average Bonchev–Trinajstić information content (AvgIpc) is 2.98. The molecule has 3 aromatic rings. The van der Waals surface area contributed by atoms with Crippen LogP contribution < -0.4 is 15.4 Å². The van der Waals surface area contributed by atoms with Crippen molar-refractivity contribution in [2.45, 2.75) is 13.5 Å². The molecule has 0 unspecified atom stereocenters. The van der Waals surface area contributed by atoms with Crippen LogP contribution in [0.25, 0.3) is 10.9 Å². The fourth-order valence-electron chi connectivity index (χ4n) is 2.27. The number of H-pyrrole nitrogens is 1. The summed E-state index contributed by atoms with van der Waals surface area (Å²) in [6.45, 7) is 2.31. The summed E-state index contributed by atoms with van der Waals surface area (Å²) in [6, 6.07) is 6.96. The third-order valence-corrected chi connectivity index (χ3v) is 3.95. The van der Waals surface area contributed by atoms with Crippen molar-refractivity contribution in [2.24, 2.45) is 0 Å². The van der Waals surface area contributed by atoms with E-state index >= 15 is 0 Å². The first-order chi connectivity index (χ1) is 11.6. The SMILES string of the molecule is COc1n[nH]c2cc(NC(=O)NCc3ccc(Cl)c(C)c3)ncc12. The monoisotopic (exact) mass is 345 g/mol. The molecule has 8 heteroatoms. The molecule has 0 saturated heterocycles. The molecule has 24 heavy (non-hydrogen) atoms. The summed E-state index contributed by atoms with van der Waals surface area (Å²) >= 11 is 5.99. The lowest BCUT2D eigenvalue weighted by Crippen LogP contribution is -2.28. The summed E-state index contributed by atoms with van der Waals surface area (Å²) in [5.41, 5.74) is 2.66. The number of fused-ring (bicyclic) bond motifs is 1. The molecule has 2 amide bonds. The molecule has 3 N–H and O–H groups in total. The smallest absolute Gasteiger partial charge is 0.320 e. The number of carbonyl (C=O) groups is 1. The molecule has 0 atom stereocenters. The Hall–Kier alpha value is -2.80. The Morgan fingerprint density at radius 1 is 1.38 bits per heavy atom. The Morgan fingerprint density at radius 2 is 2.21 bits per heavy atom. The van der Waals surface area contributed by atoms with Crippen molar-refractivity contribution in [1.29, 1.82) is 0 Å².